The van der Waals surface area contributed by atoms with Crippen molar-refractivity contribution in [1.29, 1.82) is 0 Å². The lowest BCUT2D eigenvalue weighted by Gasteiger charge is -2.08. The highest BCUT2D eigenvalue weighted by atomic mass is 16.7. The molecule has 0 atom stereocenters. The zero-order valence-corrected chi connectivity index (χ0v) is 20.7. The second-order valence-corrected chi connectivity index (χ2v) is 8.04. The van der Waals surface area contributed by atoms with E-state index in [1.54, 1.807) is 48.5 Å². The van der Waals surface area contributed by atoms with Gasteiger partial charge in [-0.2, -0.15) is 0 Å². The molecule has 198 valence electrons. The minimum Gasteiger partial charge on any atom is -0.463 e. The first-order valence-corrected chi connectivity index (χ1v) is 11.9. The van der Waals surface area contributed by atoms with Crippen molar-refractivity contribution in [2.45, 2.75) is 12.8 Å². The lowest BCUT2D eigenvalue weighted by Crippen LogP contribution is -2.12. The van der Waals surface area contributed by atoms with Gasteiger partial charge in [0, 0.05) is 11.6 Å². The van der Waals surface area contributed by atoms with Crippen molar-refractivity contribution in [3.8, 4) is 23.0 Å². The van der Waals surface area contributed by atoms with Crippen molar-refractivity contribution in [2.75, 3.05) is 13.2 Å². The molecule has 0 radical (unpaired) electrons. The molecule has 4 rings (SSSR count). The molecule has 0 saturated carbocycles. The molecule has 0 spiro atoms. The van der Waals surface area contributed by atoms with Crippen molar-refractivity contribution in [2.24, 2.45) is 0 Å². The van der Waals surface area contributed by atoms with Gasteiger partial charge in [0.05, 0.1) is 29.7 Å². The molecule has 1 aromatic heterocycles. The van der Waals surface area contributed by atoms with Gasteiger partial charge in [0.25, 0.3) is 0 Å². The first-order valence-electron chi connectivity index (χ1n) is 11.9. The smallest absolute Gasteiger partial charge is 0.463 e. The average molecular weight is 530 g/mol. The lowest BCUT2D eigenvalue weighted by molar-refractivity contribution is -0.137. The third-order valence-electron chi connectivity index (χ3n) is 5.31. The summed E-state index contributed by atoms with van der Waals surface area (Å²) in [4.78, 5) is 51.8. The molecule has 1 heterocycles. The Bertz CT molecular complexity index is 1540. The van der Waals surface area contributed by atoms with Crippen LogP contribution in [-0.2, 0) is 14.3 Å². The molecule has 3 aromatic carbocycles. The number of rotatable bonds is 10. The number of fused-ring (bicyclic) bond motifs is 1. The van der Waals surface area contributed by atoms with Crippen LogP contribution in [0.4, 0.5) is 4.79 Å². The highest BCUT2D eigenvalue weighted by Crippen LogP contribution is 2.23. The molecule has 0 aliphatic heterocycles. The number of hydrogen-bond donors (Lipinski definition) is 0. The van der Waals surface area contributed by atoms with Crippen LogP contribution >= 0.6 is 0 Å². The Balaban J connectivity index is 1.26. The van der Waals surface area contributed by atoms with Gasteiger partial charge in [-0.3, -0.25) is 0 Å². The minimum absolute atomic E-state index is 0.0940. The number of carbonyl (C=O) groups excluding carboxylic acids is 3. The summed E-state index contributed by atoms with van der Waals surface area (Å²) in [6.45, 7) is 3.59. The summed E-state index contributed by atoms with van der Waals surface area (Å²) in [5, 5.41) is 0.390. The van der Waals surface area contributed by atoms with Crippen LogP contribution in [0.5, 0.6) is 11.5 Å². The third kappa shape index (κ3) is 7.39. The maximum atomic E-state index is 12.5. The first kappa shape index (κ1) is 26.8. The Labute approximate surface area is 222 Å². The van der Waals surface area contributed by atoms with Crippen LogP contribution in [0, 0.1) is 0 Å². The van der Waals surface area contributed by atoms with E-state index in [0.717, 1.165) is 6.08 Å². The summed E-state index contributed by atoms with van der Waals surface area (Å²) in [7, 11) is 0. The number of para-hydroxylation sites is 1. The molecule has 0 amide bonds. The number of unbranched alkanes of at least 4 members (excludes halogenated alkanes) is 1. The normalized spacial score (nSPS) is 10.5. The topological polar surface area (TPSA) is 131 Å². The van der Waals surface area contributed by atoms with Gasteiger partial charge in [0.2, 0.25) is 5.89 Å². The zero-order valence-electron chi connectivity index (χ0n) is 20.7. The Hall–Kier alpha value is -5.25. The van der Waals surface area contributed by atoms with E-state index in [0.29, 0.717) is 29.3 Å². The van der Waals surface area contributed by atoms with Crippen LogP contribution in [0.2, 0.25) is 0 Å². The van der Waals surface area contributed by atoms with Crippen LogP contribution in [0.3, 0.4) is 0 Å². The fourth-order valence-electron chi connectivity index (χ4n) is 3.35. The van der Waals surface area contributed by atoms with Crippen LogP contribution < -0.4 is 15.1 Å². The summed E-state index contributed by atoms with van der Waals surface area (Å²) in [5.74, 6) is -0.518. The van der Waals surface area contributed by atoms with E-state index < -0.39 is 23.7 Å². The second kappa shape index (κ2) is 12.8. The minimum atomic E-state index is -0.898. The third-order valence-corrected chi connectivity index (χ3v) is 5.31. The van der Waals surface area contributed by atoms with Crippen LogP contribution in [-0.4, -0.2) is 36.3 Å². The molecule has 4 aromatic rings. The summed E-state index contributed by atoms with van der Waals surface area (Å²) in [5.41, 5.74) is 0.803. The van der Waals surface area contributed by atoms with Gasteiger partial charge in [-0.05, 0) is 73.5 Å². The molecule has 0 fully saturated rings. The molecule has 0 saturated heterocycles. The fraction of sp³-hybridized carbons (Fsp3) is 0.138. The van der Waals surface area contributed by atoms with Gasteiger partial charge in [-0.15, -0.1) is 0 Å². The standard InChI is InChI=1S/C29H23NO9/c1-2-25(31)35-17-5-6-18-36-29(34)38-22-15-11-20(12-16-22)27(32)37-21-13-9-19(10-14-21)26-30-24-8-4-3-7-23(24)28(33)39-26/h2-4,7-16H,1,5-6,17-18H2. The monoisotopic (exact) mass is 529 g/mol. The second-order valence-electron chi connectivity index (χ2n) is 8.04. The van der Waals surface area contributed by atoms with E-state index >= 15 is 0 Å². The SMILES string of the molecule is C=CC(=O)OCCCCOC(=O)Oc1ccc(C(=O)Oc2ccc(-c3nc4ccccc4c(=O)o3)cc2)cc1. The van der Waals surface area contributed by atoms with E-state index in [4.69, 9.17) is 23.4 Å². The Kier molecular flexibility index (Phi) is 8.81. The predicted molar refractivity (Wildman–Crippen MR) is 139 cm³/mol. The molecular weight excluding hydrogens is 506 g/mol. The highest BCUT2D eigenvalue weighted by Gasteiger charge is 2.13. The maximum absolute atomic E-state index is 12.5. The fourth-order valence-corrected chi connectivity index (χ4v) is 3.35. The number of esters is 2. The molecule has 0 unspecified atom stereocenters. The Morgan fingerprint density at radius 3 is 2.18 bits per heavy atom. The summed E-state index contributed by atoms with van der Waals surface area (Å²) < 4.78 is 25.6. The molecular formula is C29H23NO9. The average Bonchev–Trinajstić information content (AvgIpc) is 2.95. The lowest BCUT2D eigenvalue weighted by atomic mass is 10.2. The van der Waals surface area contributed by atoms with Gasteiger partial charge in [-0.25, -0.2) is 24.2 Å². The van der Waals surface area contributed by atoms with E-state index in [-0.39, 0.29) is 36.2 Å². The van der Waals surface area contributed by atoms with E-state index in [2.05, 4.69) is 11.6 Å². The van der Waals surface area contributed by atoms with Crippen molar-refractivity contribution >= 4 is 29.0 Å². The number of hydrogen-bond acceptors (Lipinski definition) is 10. The zero-order chi connectivity index (χ0) is 27.6. The largest absolute Gasteiger partial charge is 0.513 e. The molecule has 39 heavy (non-hydrogen) atoms. The predicted octanol–water partition coefficient (Wildman–Crippen LogP) is 5.10. The molecule has 0 aliphatic carbocycles. The number of benzene rings is 3. The van der Waals surface area contributed by atoms with Crippen molar-refractivity contribution in [1.82, 2.24) is 4.98 Å². The van der Waals surface area contributed by atoms with Gasteiger partial charge >= 0.3 is 23.7 Å². The van der Waals surface area contributed by atoms with Crippen LogP contribution in [0.25, 0.3) is 22.4 Å². The van der Waals surface area contributed by atoms with Gasteiger partial charge in [0.15, 0.2) is 0 Å². The van der Waals surface area contributed by atoms with Gasteiger partial charge in [-0.1, -0.05) is 18.7 Å². The molecule has 0 aliphatic rings. The van der Waals surface area contributed by atoms with E-state index in [9.17, 15) is 19.2 Å². The van der Waals surface area contributed by atoms with Gasteiger partial charge < -0.3 is 23.4 Å². The highest BCUT2D eigenvalue weighted by molar-refractivity contribution is 5.91. The Morgan fingerprint density at radius 1 is 0.821 bits per heavy atom. The number of aromatic nitrogens is 1. The number of nitrogens with zero attached hydrogens (tertiary/aromatic N) is 1. The molecule has 10 heteroatoms. The van der Waals surface area contributed by atoms with Crippen molar-refractivity contribution < 1.29 is 37.7 Å². The summed E-state index contributed by atoms with van der Waals surface area (Å²) >= 11 is 0. The number of carbonyl (C=O) groups is 3. The molecule has 0 bridgehead atoms. The summed E-state index contributed by atoms with van der Waals surface area (Å²) in [6, 6.07) is 19.0. The molecule has 0 N–H and O–H groups in total. The number of ether oxygens (including phenoxy) is 4. The van der Waals surface area contributed by atoms with Crippen molar-refractivity contribution in [3.05, 3.63) is 101 Å². The van der Waals surface area contributed by atoms with E-state index in [1.165, 1.54) is 24.3 Å². The van der Waals surface area contributed by atoms with Crippen LogP contribution in [0.1, 0.15) is 23.2 Å². The van der Waals surface area contributed by atoms with Crippen LogP contribution in [0.15, 0.2) is 94.7 Å². The summed E-state index contributed by atoms with van der Waals surface area (Å²) in [6.07, 6.45) is 1.18. The van der Waals surface area contributed by atoms with E-state index in [1.807, 2.05) is 0 Å². The van der Waals surface area contributed by atoms with Gasteiger partial charge in [0.1, 0.15) is 11.5 Å². The first-order chi connectivity index (χ1) is 18.9. The Morgan fingerprint density at radius 2 is 1.46 bits per heavy atom. The maximum Gasteiger partial charge on any atom is 0.513 e. The molecule has 10 nitrogen and oxygen atoms in total. The van der Waals surface area contributed by atoms with Crippen molar-refractivity contribution in [3.63, 3.8) is 0 Å². The quantitative estimate of drug-likeness (QED) is 0.0899.